The molecule has 1 aliphatic rings. The molecule has 3 rings (SSSR count). The number of hydrogen-bond acceptors (Lipinski definition) is 3. The van der Waals surface area contributed by atoms with E-state index >= 15 is 0 Å². The van der Waals surface area contributed by atoms with Crippen LogP contribution in [0.1, 0.15) is 43.2 Å². The summed E-state index contributed by atoms with van der Waals surface area (Å²) in [7, 11) is 0. The molecule has 0 saturated heterocycles. The number of nitrogen functional groups attached to an aromatic ring is 1. The molecule has 5 N–H and O–H groups in total. The molecule has 4 nitrogen and oxygen atoms in total. The summed E-state index contributed by atoms with van der Waals surface area (Å²) in [5.41, 5.74) is 16.8. The van der Waals surface area contributed by atoms with Crippen LogP contribution in [0.2, 0.25) is 0 Å². The first-order valence-electron chi connectivity index (χ1n) is 9.69. The van der Waals surface area contributed by atoms with Crippen LogP contribution in [0.3, 0.4) is 0 Å². The van der Waals surface area contributed by atoms with E-state index in [-0.39, 0.29) is 5.84 Å². The fourth-order valence-electron chi connectivity index (χ4n) is 3.59. The Balaban J connectivity index is 1.64. The van der Waals surface area contributed by atoms with Crippen molar-refractivity contribution in [3.63, 3.8) is 0 Å². The van der Waals surface area contributed by atoms with Gasteiger partial charge < -0.3 is 16.2 Å². The van der Waals surface area contributed by atoms with Crippen LogP contribution >= 0.6 is 0 Å². The summed E-state index contributed by atoms with van der Waals surface area (Å²) in [6, 6.07) is 16.2. The van der Waals surface area contributed by atoms with E-state index in [0.717, 1.165) is 36.0 Å². The normalized spacial score (nSPS) is 18.6. The summed E-state index contributed by atoms with van der Waals surface area (Å²) in [4.78, 5) is 0. The van der Waals surface area contributed by atoms with Gasteiger partial charge in [0.1, 0.15) is 5.84 Å². The first-order valence-corrected chi connectivity index (χ1v) is 9.69. The van der Waals surface area contributed by atoms with Gasteiger partial charge in [-0.3, -0.25) is 5.41 Å². The summed E-state index contributed by atoms with van der Waals surface area (Å²) in [6.45, 7) is 1.34. The summed E-state index contributed by atoms with van der Waals surface area (Å²) in [5.74, 6) is 0.0899. The van der Waals surface area contributed by atoms with Crippen LogP contribution in [0.4, 0.5) is 0 Å². The molecule has 0 bridgehead atoms. The molecule has 1 saturated carbocycles. The molecule has 1 fully saturated rings. The van der Waals surface area contributed by atoms with Crippen LogP contribution in [-0.2, 0) is 11.3 Å². The predicted molar refractivity (Wildman–Crippen MR) is 112 cm³/mol. The van der Waals surface area contributed by atoms with Gasteiger partial charge in [0.25, 0.3) is 0 Å². The highest BCUT2D eigenvalue weighted by atomic mass is 16.5. The second-order valence-electron chi connectivity index (χ2n) is 7.16. The number of nitrogens with two attached hydrogens (primary N) is 2. The lowest BCUT2D eigenvalue weighted by Gasteiger charge is -2.25. The Bertz CT molecular complexity index is 813. The lowest BCUT2D eigenvalue weighted by Crippen LogP contribution is -2.18. The first kappa shape index (κ1) is 19.3. The van der Waals surface area contributed by atoms with Gasteiger partial charge in [0.15, 0.2) is 0 Å². The van der Waals surface area contributed by atoms with E-state index < -0.39 is 0 Å². The highest BCUT2D eigenvalue weighted by Crippen LogP contribution is 2.27. The van der Waals surface area contributed by atoms with Gasteiger partial charge in [-0.2, -0.15) is 0 Å². The quantitative estimate of drug-likeness (QED) is 0.388. The number of hydrogen-bond donors (Lipinski definition) is 3. The van der Waals surface area contributed by atoms with Crippen molar-refractivity contribution in [3.05, 3.63) is 71.3 Å². The number of ether oxygens (including phenoxy) is 1. The van der Waals surface area contributed by atoms with E-state index in [1.54, 1.807) is 0 Å². The summed E-state index contributed by atoms with van der Waals surface area (Å²) < 4.78 is 6.21. The first-order chi connectivity index (χ1) is 13.2. The van der Waals surface area contributed by atoms with Crippen molar-refractivity contribution in [1.82, 2.24) is 0 Å². The van der Waals surface area contributed by atoms with Crippen molar-refractivity contribution >= 4 is 5.84 Å². The van der Waals surface area contributed by atoms with E-state index in [2.05, 4.69) is 30.3 Å². The molecule has 0 heterocycles. The molecule has 2 aromatic carbocycles. The van der Waals surface area contributed by atoms with E-state index in [1.807, 2.05) is 24.3 Å². The molecule has 27 heavy (non-hydrogen) atoms. The molecule has 1 atom stereocenters. The van der Waals surface area contributed by atoms with Gasteiger partial charge in [-0.05, 0) is 67.5 Å². The molecule has 2 aromatic rings. The fourth-order valence-corrected chi connectivity index (χ4v) is 3.59. The summed E-state index contributed by atoms with van der Waals surface area (Å²) in [6.07, 6.45) is 8.08. The lowest BCUT2D eigenvalue weighted by molar-refractivity contribution is 0.0274. The Morgan fingerprint density at radius 2 is 1.93 bits per heavy atom. The maximum atomic E-state index is 7.62. The second kappa shape index (κ2) is 9.49. The van der Waals surface area contributed by atoms with Crippen LogP contribution in [0.5, 0.6) is 0 Å². The van der Waals surface area contributed by atoms with E-state index in [1.165, 1.54) is 24.0 Å². The predicted octanol–water partition coefficient (Wildman–Crippen LogP) is 4.37. The average molecular weight is 364 g/mol. The Labute approximate surface area is 161 Å². The molecule has 1 unspecified atom stereocenters. The monoisotopic (exact) mass is 363 g/mol. The SMILES string of the molecule is N=C(N)c1cccc(-c2cccc(COC3CCCC(=CCCN)C3)c2)c1. The third kappa shape index (κ3) is 5.52. The van der Waals surface area contributed by atoms with Crippen LogP contribution in [-0.4, -0.2) is 18.5 Å². The molecular weight excluding hydrogens is 334 g/mol. The minimum absolute atomic E-state index is 0.0899. The number of rotatable bonds is 7. The zero-order chi connectivity index (χ0) is 19.1. The summed E-state index contributed by atoms with van der Waals surface area (Å²) in [5, 5.41) is 7.62. The Morgan fingerprint density at radius 3 is 2.70 bits per heavy atom. The van der Waals surface area contributed by atoms with E-state index in [0.29, 0.717) is 19.3 Å². The molecule has 142 valence electrons. The van der Waals surface area contributed by atoms with Crippen molar-refractivity contribution in [1.29, 1.82) is 5.41 Å². The number of nitrogens with one attached hydrogen (secondary N) is 1. The fraction of sp³-hybridized carbons (Fsp3) is 0.348. The van der Waals surface area contributed by atoms with E-state index in [9.17, 15) is 0 Å². The van der Waals surface area contributed by atoms with Gasteiger partial charge >= 0.3 is 0 Å². The van der Waals surface area contributed by atoms with Crippen LogP contribution in [0.15, 0.2) is 60.2 Å². The minimum atomic E-state index is 0.0899. The average Bonchev–Trinajstić information content (AvgIpc) is 2.71. The van der Waals surface area contributed by atoms with Crippen molar-refractivity contribution in [2.75, 3.05) is 6.54 Å². The molecule has 0 aliphatic heterocycles. The van der Waals surface area contributed by atoms with E-state index in [4.69, 9.17) is 21.6 Å². The molecule has 1 aliphatic carbocycles. The van der Waals surface area contributed by atoms with Crippen LogP contribution in [0, 0.1) is 5.41 Å². The molecule has 0 radical (unpaired) electrons. The second-order valence-corrected chi connectivity index (χ2v) is 7.16. The maximum absolute atomic E-state index is 7.62. The Kier molecular flexibility index (Phi) is 6.80. The summed E-state index contributed by atoms with van der Waals surface area (Å²) >= 11 is 0. The highest BCUT2D eigenvalue weighted by Gasteiger charge is 2.17. The molecule has 4 heteroatoms. The zero-order valence-electron chi connectivity index (χ0n) is 15.8. The third-order valence-corrected chi connectivity index (χ3v) is 5.03. The number of benzene rings is 2. The van der Waals surface area contributed by atoms with Gasteiger partial charge in [-0.25, -0.2) is 0 Å². The number of amidine groups is 1. The van der Waals surface area contributed by atoms with Crippen molar-refractivity contribution < 1.29 is 4.74 Å². The molecular formula is C23H29N3O. The minimum Gasteiger partial charge on any atom is -0.384 e. The zero-order valence-corrected chi connectivity index (χ0v) is 15.8. The van der Waals surface area contributed by atoms with Gasteiger partial charge in [0.05, 0.1) is 12.7 Å². The van der Waals surface area contributed by atoms with Gasteiger partial charge in [0, 0.05) is 5.56 Å². The van der Waals surface area contributed by atoms with Crippen LogP contribution in [0.25, 0.3) is 11.1 Å². The molecule has 0 spiro atoms. The largest absolute Gasteiger partial charge is 0.384 e. The lowest BCUT2D eigenvalue weighted by atomic mass is 9.91. The Morgan fingerprint density at radius 1 is 1.15 bits per heavy atom. The Hall–Kier alpha value is -2.43. The molecule has 0 aromatic heterocycles. The maximum Gasteiger partial charge on any atom is 0.122 e. The van der Waals surface area contributed by atoms with Crippen molar-refractivity contribution in [2.45, 2.75) is 44.8 Å². The topological polar surface area (TPSA) is 85.1 Å². The molecule has 0 amide bonds. The third-order valence-electron chi connectivity index (χ3n) is 5.03. The van der Waals surface area contributed by atoms with Gasteiger partial charge in [0.2, 0.25) is 0 Å². The van der Waals surface area contributed by atoms with Gasteiger partial charge in [-0.1, -0.05) is 48.0 Å². The smallest absolute Gasteiger partial charge is 0.122 e. The standard InChI is InChI=1S/C23H29N3O/c24-12-4-7-17-5-2-11-22(14-17)27-16-18-6-1-8-19(13-18)20-9-3-10-21(15-20)23(25)26/h1,3,6-10,13,15,22H,2,4-5,11-12,14,16,24H2,(H3,25,26). The van der Waals surface area contributed by atoms with Crippen molar-refractivity contribution in [2.24, 2.45) is 11.5 Å². The van der Waals surface area contributed by atoms with Crippen molar-refractivity contribution in [3.8, 4) is 11.1 Å². The highest BCUT2D eigenvalue weighted by molar-refractivity contribution is 5.96. The van der Waals surface area contributed by atoms with Crippen LogP contribution < -0.4 is 11.5 Å². The van der Waals surface area contributed by atoms with Gasteiger partial charge in [-0.15, -0.1) is 0 Å².